The van der Waals surface area contributed by atoms with Gasteiger partial charge in [0.1, 0.15) is 5.82 Å². The molecule has 0 radical (unpaired) electrons. The first kappa shape index (κ1) is 27.5. The van der Waals surface area contributed by atoms with Crippen LogP contribution in [0.15, 0.2) is 60.8 Å². The molecule has 2 aromatic carbocycles. The van der Waals surface area contributed by atoms with Crippen molar-refractivity contribution in [3.63, 3.8) is 0 Å². The summed E-state index contributed by atoms with van der Waals surface area (Å²) in [5.74, 6) is 0.164. The normalized spacial score (nSPS) is 13.1. The lowest BCUT2D eigenvalue weighted by Crippen LogP contribution is -2.46. The molecule has 36 heavy (non-hydrogen) atoms. The van der Waals surface area contributed by atoms with Crippen molar-refractivity contribution < 1.29 is 13.9 Å². The zero-order valence-electron chi connectivity index (χ0n) is 20.2. The molecule has 0 unspecified atom stereocenters. The van der Waals surface area contributed by atoms with Crippen LogP contribution < -0.4 is 10.1 Å². The molecule has 2 aromatic heterocycles. The van der Waals surface area contributed by atoms with Gasteiger partial charge in [-0.25, -0.2) is 9.37 Å². The maximum absolute atomic E-state index is 14.4. The first-order valence-corrected chi connectivity index (χ1v) is 11.4. The van der Waals surface area contributed by atoms with Crippen molar-refractivity contribution in [1.82, 2.24) is 19.8 Å². The third-order valence-electron chi connectivity index (χ3n) is 6.51. The lowest BCUT2D eigenvalue weighted by molar-refractivity contribution is 0.0736. The molecule has 1 amide bonds. The van der Waals surface area contributed by atoms with E-state index in [1.807, 2.05) is 47.4 Å². The number of methoxy groups -OCH3 is 1. The highest BCUT2D eigenvalue weighted by Gasteiger charge is 2.29. The second-order valence-electron chi connectivity index (χ2n) is 8.48. The lowest BCUT2D eigenvalue weighted by atomic mass is 9.99. The number of rotatable bonds is 5. The van der Waals surface area contributed by atoms with Gasteiger partial charge in [0.05, 0.1) is 24.4 Å². The van der Waals surface area contributed by atoms with E-state index in [9.17, 15) is 9.18 Å². The molecule has 0 spiro atoms. The first-order valence-electron chi connectivity index (χ1n) is 11.4. The van der Waals surface area contributed by atoms with E-state index in [-0.39, 0.29) is 36.5 Å². The summed E-state index contributed by atoms with van der Waals surface area (Å²) in [5.41, 5.74) is 4.59. The van der Waals surface area contributed by atoms with Crippen molar-refractivity contribution in [2.24, 2.45) is 0 Å². The van der Waals surface area contributed by atoms with Crippen molar-refractivity contribution in [3.8, 4) is 11.6 Å². The maximum atomic E-state index is 14.4. The molecule has 1 saturated heterocycles. The van der Waals surface area contributed by atoms with Gasteiger partial charge in [-0.15, -0.1) is 24.8 Å². The average molecular weight is 531 g/mol. The van der Waals surface area contributed by atoms with E-state index in [1.54, 1.807) is 26.3 Å². The van der Waals surface area contributed by atoms with Crippen molar-refractivity contribution in [1.29, 1.82) is 0 Å². The maximum Gasteiger partial charge on any atom is 0.256 e. The molecule has 9 heteroatoms. The monoisotopic (exact) mass is 530 g/mol. The van der Waals surface area contributed by atoms with Crippen LogP contribution in [0, 0.1) is 12.7 Å². The molecule has 0 bridgehead atoms. The van der Waals surface area contributed by atoms with Gasteiger partial charge in [-0.2, -0.15) is 0 Å². The van der Waals surface area contributed by atoms with Crippen LogP contribution >= 0.6 is 24.8 Å². The van der Waals surface area contributed by atoms with E-state index in [0.717, 1.165) is 40.9 Å². The van der Waals surface area contributed by atoms with Gasteiger partial charge in [-0.1, -0.05) is 30.3 Å². The highest BCUT2D eigenvalue weighted by Crippen LogP contribution is 2.34. The number of aromatic nitrogens is 2. The minimum atomic E-state index is -0.252. The molecule has 6 nitrogen and oxygen atoms in total. The number of hydrogen-bond donors (Lipinski definition) is 1. The summed E-state index contributed by atoms with van der Waals surface area (Å²) >= 11 is 0. The molecule has 0 saturated carbocycles. The van der Waals surface area contributed by atoms with Gasteiger partial charge in [0.25, 0.3) is 5.91 Å². The van der Waals surface area contributed by atoms with Crippen LogP contribution in [0.5, 0.6) is 5.88 Å². The van der Waals surface area contributed by atoms with Gasteiger partial charge < -0.3 is 19.5 Å². The molecule has 4 aromatic rings. The summed E-state index contributed by atoms with van der Waals surface area (Å²) in [6.45, 7) is 4.57. The second-order valence-corrected chi connectivity index (χ2v) is 8.48. The minimum Gasteiger partial charge on any atom is -0.481 e. The van der Waals surface area contributed by atoms with Crippen LogP contribution in [0.3, 0.4) is 0 Å². The van der Waals surface area contributed by atoms with Gasteiger partial charge in [0, 0.05) is 55.4 Å². The van der Waals surface area contributed by atoms with Crippen LogP contribution in [0.4, 0.5) is 4.39 Å². The Bertz CT molecular complexity index is 1360. The number of ether oxygens (including phenoxy) is 1. The average Bonchev–Trinajstić information content (AvgIpc) is 3.20. The third kappa shape index (κ3) is 5.05. The summed E-state index contributed by atoms with van der Waals surface area (Å²) < 4.78 is 21.9. The van der Waals surface area contributed by atoms with E-state index in [2.05, 4.69) is 14.9 Å². The Morgan fingerprint density at radius 2 is 1.81 bits per heavy atom. The van der Waals surface area contributed by atoms with Gasteiger partial charge >= 0.3 is 0 Å². The van der Waals surface area contributed by atoms with Crippen molar-refractivity contribution in [3.05, 3.63) is 89.0 Å². The number of amides is 1. The van der Waals surface area contributed by atoms with Gasteiger partial charge in [-0.05, 0) is 36.2 Å². The highest BCUT2D eigenvalue weighted by molar-refractivity contribution is 6.09. The predicted molar refractivity (Wildman–Crippen MR) is 145 cm³/mol. The molecule has 190 valence electrons. The van der Waals surface area contributed by atoms with Crippen LogP contribution in [0.2, 0.25) is 0 Å². The number of piperazine rings is 1. The van der Waals surface area contributed by atoms with E-state index in [4.69, 9.17) is 4.74 Å². The van der Waals surface area contributed by atoms with E-state index >= 15 is 0 Å². The van der Waals surface area contributed by atoms with Crippen LogP contribution in [-0.2, 0) is 6.42 Å². The number of hydrogen-bond acceptors (Lipinski definition) is 4. The summed E-state index contributed by atoms with van der Waals surface area (Å²) in [5, 5.41) is 4.09. The number of nitrogens with one attached hydrogen (secondary N) is 1. The molecule has 1 fully saturated rings. The molecule has 0 atom stereocenters. The van der Waals surface area contributed by atoms with Crippen molar-refractivity contribution >= 4 is 41.6 Å². The number of carbonyl (C=O) groups is 1. The SMILES string of the molecule is COc1cc2c(C(=O)N3CCNCC3)c(Cc3cccc(F)c3C)n(-c3ccccc3)c2cn1.Cl.Cl. The first-order chi connectivity index (χ1) is 16.6. The second kappa shape index (κ2) is 11.7. The topological polar surface area (TPSA) is 59.4 Å². The molecule has 0 aliphatic carbocycles. The zero-order valence-corrected chi connectivity index (χ0v) is 21.8. The quantitative estimate of drug-likeness (QED) is 0.396. The number of para-hydroxylation sites is 1. The molecule has 1 aliphatic heterocycles. The number of halogens is 3. The summed E-state index contributed by atoms with van der Waals surface area (Å²) in [6.07, 6.45) is 2.15. The predicted octanol–water partition coefficient (Wildman–Crippen LogP) is 4.96. The molecule has 3 heterocycles. The smallest absolute Gasteiger partial charge is 0.256 e. The molecule has 1 N–H and O–H groups in total. The Morgan fingerprint density at radius 3 is 2.50 bits per heavy atom. The van der Waals surface area contributed by atoms with E-state index in [1.165, 1.54) is 6.07 Å². The van der Waals surface area contributed by atoms with E-state index < -0.39 is 0 Å². The molecule has 5 rings (SSSR count). The third-order valence-corrected chi connectivity index (χ3v) is 6.51. The molecular formula is C27H29Cl2FN4O2. The highest BCUT2D eigenvalue weighted by atomic mass is 35.5. The van der Waals surface area contributed by atoms with Gasteiger partial charge in [0.15, 0.2) is 0 Å². The van der Waals surface area contributed by atoms with Crippen LogP contribution in [-0.4, -0.2) is 53.6 Å². The van der Waals surface area contributed by atoms with Crippen molar-refractivity contribution in [2.45, 2.75) is 13.3 Å². The largest absolute Gasteiger partial charge is 0.481 e. The summed E-state index contributed by atoms with van der Waals surface area (Å²) in [7, 11) is 1.57. The fraction of sp³-hybridized carbons (Fsp3) is 0.259. The Balaban J connectivity index is 0.00000180. The van der Waals surface area contributed by atoms with E-state index in [0.29, 0.717) is 36.5 Å². The minimum absolute atomic E-state index is 0. The fourth-order valence-electron chi connectivity index (χ4n) is 4.66. The fourth-order valence-corrected chi connectivity index (χ4v) is 4.66. The Kier molecular flexibility index (Phi) is 8.95. The Morgan fingerprint density at radius 1 is 1.08 bits per heavy atom. The summed E-state index contributed by atoms with van der Waals surface area (Å²) in [6, 6.07) is 16.8. The number of nitrogens with zero attached hydrogens (tertiary/aromatic N) is 3. The number of benzene rings is 2. The van der Waals surface area contributed by atoms with Gasteiger partial charge in [0.2, 0.25) is 5.88 Å². The van der Waals surface area contributed by atoms with Gasteiger partial charge in [-0.3, -0.25) is 4.79 Å². The summed E-state index contributed by atoms with van der Waals surface area (Å²) in [4.78, 5) is 20.3. The standard InChI is InChI=1S/C27H27FN4O2.2ClH/c1-18-19(7-6-10-22(18)28)15-23-26(27(33)31-13-11-29-12-14-31)21-16-25(34-2)30-17-24(21)32(23)20-8-4-3-5-9-20;;/h3-10,16-17,29H,11-15H2,1-2H3;2*1H. The number of fused-ring (bicyclic) bond motifs is 1. The molecular weight excluding hydrogens is 502 g/mol. The lowest BCUT2D eigenvalue weighted by Gasteiger charge is -2.28. The van der Waals surface area contributed by atoms with Crippen LogP contribution in [0.1, 0.15) is 27.2 Å². The Hall–Kier alpha value is -3.13. The zero-order chi connectivity index (χ0) is 23.7. The number of pyridine rings is 1. The molecule has 1 aliphatic rings. The Labute approximate surface area is 222 Å². The van der Waals surface area contributed by atoms with Crippen molar-refractivity contribution in [2.75, 3.05) is 33.3 Å². The van der Waals surface area contributed by atoms with Crippen LogP contribution in [0.25, 0.3) is 16.6 Å². The number of carbonyl (C=O) groups excluding carboxylic acids is 1.